The van der Waals surface area contributed by atoms with Gasteiger partial charge in [-0.2, -0.15) is 23.2 Å². The van der Waals surface area contributed by atoms with Crippen molar-refractivity contribution >= 4 is 16.0 Å². The topological polar surface area (TPSA) is 107 Å². The van der Waals surface area contributed by atoms with E-state index in [2.05, 4.69) is 0 Å². The van der Waals surface area contributed by atoms with Gasteiger partial charge in [-0.05, 0) is 30.5 Å². The molecule has 0 saturated carbocycles. The maximum atomic E-state index is 12.9. The maximum absolute atomic E-state index is 12.9. The molecule has 0 aliphatic heterocycles. The molecule has 10 heteroatoms. The van der Waals surface area contributed by atoms with Crippen LogP contribution in [0.3, 0.4) is 0 Å². The van der Waals surface area contributed by atoms with E-state index in [1.165, 1.54) is 6.07 Å². The molecule has 2 N–H and O–H groups in total. The lowest BCUT2D eigenvalue weighted by Gasteiger charge is -2.17. The van der Waals surface area contributed by atoms with Gasteiger partial charge >= 0.3 is 12.1 Å². The first kappa shape index (κ1) is 19.9. The highest BCUT2D eigenvalue weighted by Gasteiger charge is 2.35. The van der Waals surface area contributed by atoms with Gasteiger partial charge in [0, 0.05) is 0 Å². The lowest BCUT2D eigenvalue weighted by atomic mass is 10.1. The summed E-state index contributed by atoms with van der Waals surface area (Å²) >= 11 is 0. The molecule has 1 aromatic rings. The zero-order valence-corrected chi connectivity index (χ0v) is 13.6. The van der Waals surface area contributed by atoms with Crippen molar-refractivity contribution in [2.75, 3.05) is 0 Å². The summed E-state index contributed by atoms with van der Waals surface area (Å²) in [5.74, 6) is -1.59. The normalized spacial score (nSPS) is 13.5. The van der Waals surface area contributed by atoms with Crippen molar-refractivity contribution in [2.24, 2.45) is 5.92 Å². The Balaban J connectivity index is 3.29. The Morgan fingerprint density at radius 3 is 2.38 bits per heavy atom. The van der Waals surface area contributed by atoms with Crippen molar-refractivity contribution in [3.8, 4) is 6.07 Å². The van der Waals surface area contributed by atoms with Crippen LogP contribution in [0.4, 0.5) is 13.2 Å². The van der Waals surface area contributed by atoms with Crippen LogP contribution in [0.5, 0.6) is 0 Å². The van der Waals surface area contributed by atoms with Crippen LogP contribution >= 0.6 is 0 Å². The predicted octanol–water partition coefficient (Wildman–Crippen LogP) is 2.35. The lowest BCUT2D eigenvalue weighted by Crippen LogP contribution is -2.41. The van der Waals surface area contributed by atoms with Crippen LogP contribution in [-0.4, -0.2) is 25.5 Å². The fraction of sp³-hybridized carbons (Fsp3) is 0.429. The van der Waals surface area contributed by atoms with Crippen molar-refractivity contribution in [3.05, 3.63) is 29.3 Å². The molecule has 6 nitrogen and oxygen atoms in total. The van der Waals surface area contributed by atoms with Crippen molar-refractivity contribution in [2.45, 2.75) is 37.4 Å². The first-order valence-corrected chi connectivity index (χ1v) is 8.23. The van der Waals surface area contributed by atoms with Crippen molar-refractivity contribution in [1.82, 2.24) is 4.72 Å². The van der Waals surface area contributed by atoms with Crippen molar-refractivity contribution in [3.63, 3.8) is 0 Å². The molecule has 24 heavy (non-hydrogen) atoms. The Labute approximate surface area is 137 Å². The van der Waals surface area contributed by atoms with Crippen LogP contribution in [-0.2, 0) is 21.0 Å². The van der Waals surface area contributed by atoms with Gasteiger partial charge in [0.15, 0.2) is 0 Å². The van der Waals surface area contributed by atoms with Crippen LogP contribution in [0.25, 0.3) is 0 Å². The van der Waals surface area contributed by atoms with Crippen LogP contribution in [0.2, 0.25) is 0 Å². The van der Waals surface area contributed by atoms with Crippen LogP contribution in [0, 0.1) is 17.2 Å². The number of nitrogens with zero attached hydrogens (tertiary/aromatic N) is 1. The number of rotatable bonds is 6. The molecule has 0 unspecified atom stereocenters. The minimum absolute atomic E-state index is 0.0308. The molecule has 0 heterocycles. The Morgan fingerprint density at radius 1 is 1.38 bits per heavy atom. The molecule has 0 bridgehead atoms. The number of aliphatic carboxylic acids is 1. The Hall–Kier alpha value is -2.12. The Morgan fingerprint density at radius 2 is 1.96 bits per heavy atom. The van der Waals surface area contributed by atoms with Crippen molar-refractivity contribution in [1.29, 1.82) is 5.26 Å². The second-order valence-electron chi connectivity index (χ2n) is 5.46. The number of nitriles is 1. The van der Waals surface area contributed by atoms with Gasteiger partial charge in [-0.1, -0.05) is 13.8 Å². The highest BCUT2D eigenvalue weighted by atomic mass is 32.2. The number of halogens is 3. The van der Waals surface area contributed by atoms with E-state index in [1.807, 2.05) is 4.72 Å². The Kier molecular flexibility index (Phi) is 5.97. The monoisotopic (exact) mass is 364 g/mol. The first-order valence-electron chi connectivity index (χ1n) is 6.75. The van der Waals surface area contributed by atoms with E-state index in [1.54, 1.807) is 13.8 Å². The predicted molar refractivity (Wildman–Crippen MR) is 77.4 cm³/mol. The quantitative estimate of drug-likeness (QED) is 0.806. The van der Waals surface area contributed by atoms with Crippen LogP contribution in [0.15, 0.2) is 23.1 Å². The number of benzene rings is 1. The number of carboxylic acid groups (broad SMARTS) is 1. The SMILES string of the molecule is CC(C)C[C@H](NS(=O)(=O)c1ccc(C#N)c(C(F)(F)F)c1)C(=O)O. The third-order valence-corrected chi connectivity index (χ3v) is 4.50. The van der Waals surface area contributed by atoms with Gasteiger partial charge < -0.3 is 5.11 Å². The smallest absolute Gasteiger partial charge is 0.417 e. The largest absolute Gasteiger partial charge is 0.480 e. The average Bonchev–Trinajstić information content (AvgIpc) is 2.44. The number of carbonyl (C=O) groups is 1. The minimum atomic E-state index is -4.92. The maximum Gasteiger partial charge on any atom is 0.417 e. The van der Waals surface area contributed by atoms with E-state index in [-0.39, 0.29) is 12.3 Å². The van der Waals surface area contributed by atoms with E-state index in [4.69, 9.17) is 10.4 Å². The van der Waals surface area contributed by atoms with Gasteiger partial charge in [-0.15, -0.1) is 0 Å². The number of hydrogen-bond acceptors (Lipinski definition) is 4. The summed E-state index contributed by atoms with van der Waals surface area (Å²) in [5, 5.41) is 17.7. The zero-order chi connectivity index (χ0) is 18.7. The third-order valence-electron chi connectivity index (χ3n) is 3.03. The summed E-state index contributed by atoms with van der Waals surface area (Å²) in [5.41, 5.74) is -2.12. The molecule has 1 atom stereocenters. The molecule has 0 spiro atoms. The molecule has 1 aromatic carbocycles. The summed E-state index contributed by atoms with van der Waals surface area (Å²) in [6, 6.07) is 1.73. The van der Waals surface area contributed by atoms with Gasteiger partial charge in [0.2, 0.25) is 10.0 Å². The molecule has 0 amide bonds. The molecule has 0 aliphatic carbocycles. The van der Waals surface area contributed by atoms with E-state index in [0.717, 1.165) is 12.1 Å². The van der Waals surface area contributed by atoms with E-state index >= 15 is 0 Å². The van der Waals surface area contributed by atoms with Gasteiger partial charge in [-0.25, -0.2) is 8.42 Å². The highest BCUT2D eigenvalue weighted by Crippen LogP contribution is 2.33. The molecule has 1 rings (SSSR count). The van der Waals surface area contributed by atoms with Crippen LogP contribution < -0.4 is 4.72 Å². The number of alkyl halides is 3. The zero-order valence-electron chi connectivity index (χ0n) is 12.8. The molecule has 0 radical (unpaired) electrons. The summed E-state index contributed by atoms with van der Waals surface area (Å²) in [4.78, 5) is 10.4. The van der Waals surface area contributed by atoms with E-state index in [0.29, 0.717) is 6.07 Å². The first-order chi connectivity index (χ1) is 10.9. The molecule has 0 fully saturated rings. The second kappa shape index (κ2) is 7.19. The molecule has 0 aliphatic rings. The summed E-state index contributed by atoms with van der Waals surface area (Å²) in [6.07, 6.45) is -4.95. The third kappa shape index (κ3) is 4.94. The fourth-order valence-corrected chi connectivity index (χ4v) is 3.18. The summed E-state index contributed by atoms with van der Waals surface area (Å²) < 4.78 is 65.0. The highest BCUT2D eigenvalue weighted by molar-refractivity contribution is 7.89. The van der Waals surface area contributed by atoms with Gasteiger partial charge in [0.05, 0.1) is 22.1 Å². The minimum Gasteiger partial charge on any atom is -0.480 e. The van der Waals surface area contributed by atoms with Crippen LogP contribution in [0.1, 0.15) is 31.4 Å². The van der Waals surface area contributed by atoms with E-state index in [9.17, 15) is 26.4 Å². The molecule has 132 valence electrons. The number of carboxylic acids is 1. The standard InChI is InChI=1S/C14H15F3N2O4S/c1-8(2)5-12(13(20)21)19-24(22,23)10-4-3-9(7-18)11(6-10)14(15,16)17/h3-4,6,8,12,19H,5H2,1-2H3,(H,20,21)/t12-/m0/s1. The molecular formula is C14H15F3N2O4S. The van der Waals surface area contributed by atoms with Gasteiger partial charge in [0.25, 0.3) is 0 Å². The molecular weight excluding hydrogens is 349 g/mol. The number of nitrogens with one attached hydrogen (secondary N) is 1. The number of hydrogen-bond donors (Lipinski definition) is 2. The fourth-order valence-electron chi connectivity index (χ4n) is 1.95. The second-order valence-corrected chi connectivity index (χ2v) is 7.17. The Bertz CT molecular complexity index is 767. The average molecular weight is 364 g/mol. The lowest BCUT2D eigenvalue weighted by molar-refractivity contribution is -0.139. The molecule has 0 aromatic heterocycles. The summed E-state index contributed by atoms with van der Waals surface area (Å²) in [7, 11) is -4.50. The van der Waals surface area contributed by atoms with E-state index < -0.39 is 44.2 Å². The van der Waals surface area contributed by atoms with Crippen molar-refractivity contribution < 1.29 is 31.5 Å². The summed E-state index contributed by atoms with van der Waals surface area (Å²) in [6.45, 7) is 3.35. The number of sulfonamides is 1. The van der Waals surface area contributed by atoms with Gasteiger partial charge in [0.1, 0.15) is 6.04 Å². The molecule has 0 saturated heterocycles. The van der Waals surface area contributed by atoms with Gasteiger partial charge in [-0.3, -0.25) is 4.79 Å².